The number of nitrogens with two attached hydrogens (primary N) is 1. The molecule has 2 N–H and O–H groups in total. The fourth-order valence-corrected chi connectivity index (χ4v) is 1.74. The van der Waals surface area contributed by atoms with Crippen molar-refractivity contribution in [2.75, 3.05) is 6.61 Å². The van der Waals surface area contributed by atoms with Crippen molar-refractivity contribution in [1.29, 1.82) is 0 Å². The summed E-state index contributed by atoms with van der Waals surface area (Å²) in [5, 5.41) is 0. The second-order valence-corrected chi connectivity index (χ2v) is 4.11. The molecule has 3 nitrogen and oxygen atoms in total. The molecule has 0 aromatic heterocycles. The third kappa shape index (κ3) is 3.53. The fraction of sp³-hybridized carbons (Fsp3) is 0.462. The standard InChI is InChI=1S/C13H18FNO2/c1-4-17-13(16)11(15)7-10-5-8(2)12(14)9(3)6-10/h5-6,11H,4,7,15H2,1-3H3. The lowest BCUT2D eigenvalue weighted by molar-refractivity contribution is -0.144. The van der Waals surface area contributed by atoms with Gasteiger partial charge in [0.15, 0.2) is 0 Å². The van der Waals surface area contributed by atoms with Gasteiger partial charge >= 0.3 is 5.97 Å². The molecule has 1 unspecified atom stereocenters. The number of halogens is 1. The van der Waals surface area contributed by atoms with Gasteiger partial charge in [0, 0.05) is 0 Å². The van der Waals surface area contributed by atoms with Crippen molar-refractivity contribution in [1.82, 2.24) is 0 Å². The van der Waals surface area contributed by atoms with Gasteiger partial charge in [0.05, 0.1) is 6.61 Å². The van der Waals surface area contributed by atoms with Crippen molar-refractivity contribution in [2.45, 2.75) is 33.2 Å². The van der Waals surface area contributed by atoms with Crippen molar-refractivity contribution in [3.05, 3.63) is 34.6 Å². The molecule has 0 aliphatic rings. The molecule has 0 aliphatic heterocycles. The molecule has 0 saturated carbocycles. The Bertz CT molecular complexity index is 395. The van der Waals surface area contributed by atoms with Crippen LogP contribution in [0.2, 0.25) is 0 Å². The number of esters is 1. The Morgan fingerprint density at radius 1 is 1.41 bits per heavy atom. The molecule has 0 bridgehead atoms. The highest BCUT2D eigenvalue weighted by atomic mass is 19.1. The minimum absolute atomic E-state index is 0.210. The predicted octanol–water partition coefficient (Wildman–Crippen LogP) is 1.88. The van der Waals surface area contributed by atoms with Crippen molar-refractivity contribution >= 4 is 5.97 Å². The number of carbonyl (C=O) groups is 1. The number of hydrogen-bond acceptors (Lipinski definition) is 3. The highest BCUT2D eigenvalue weighted by molar-refractivity contribution is 5.75. The lowest BCUT2D eigenvalue weighted by Gasteiger charge is -2.12. The van der Waals surface area contributed by atoms with E-state index in [4.69, 9.17) is 10.5 Å². The molecule has 17 heavy (non-hydrogen) atoms. The first-order chi connectivity index (χ1) is 7.95. The van der Waals surface area contributed by atoms with E-state index in [2.05, 4.69) is 0 Å². The summed E-state index contributed by atoms with van der Waals surface area (Å²) in [5.74, 6) is -0.634. The Balaban J connectivity index is 2.78. The molecular formula is C13H18FNO2. The van der Waals surface area contributed by atoms with Crippen LogP contribution in [0.3, 0.4) is 0 Å². The molecule has 0 radical (unpaired) electrons. The van der Waals surface area contributed by atoms with Gasteiger partial charge in [-0.25, -0.2) is 4.39 Å². The van der Waals surface area contributed by atoms with Crippen LogP contribution in [0.5, 0.6) is 0 Å². The predicted molar refractivity (Wildman–Crippen MR) is 64.2 cm³/mol. The van der Waals surface area contributed by atoms with Crippen molar-refractivity contribution < 1.29 is 13.9 Å². The van der Waals surface area contributed by atoms with Crippen LogP contribution >= 0.6 is 0 Å². The van der Waals surface area contributed by atoms with Gasteiger partial charge < -0.3 is 10.5 Å². The molecule has 0 aliphatic carbocycles. The van der Waals surface area contributed by atoms with Gasteiger partial charge in [-0.15, -0.1) is 0 Å². The molecule has 4 heteroatoms. The molecule has 0 saturated heterocycles. The van der Waals surface area contributed by atoms with Gasteiger partial charge in [-0.1, -0.05) is 12.1 Å². The third-order valence-corrected chi connectivity index (χ3v) is 2.54. The maximum absolute atomic E-state index is 13.4. The topological polar surface area (TPSA) is 52.3 Å². The summed E-state index contributed by atoms with van der Waals surface area (Å²) in [4.78, 5) is 11.4. The first-order valence-electron chi connectivity index (χ1n) is 5.63. The highest BCUT2D eigenvalue weighted by Gasteiger charge is 2.16. The fourth-order valence-electron chi connectivity index (χ4n) is 1.74. The number of hydrogen-bond donors (Lipinski definition) is 1. The largest absolute Gasteiger partial charge is 0.465 e. The summed E-state index contributed by atoms with van der Waals surface area (Å²) in [7, 11) is 0. The van der Waals surface area contributed by atoms with Crippen LogP contribution in [0.1, 0.15) is 23.6 Å². The van der Waals surface area contributed by atoms with E-state index in [1.54, 1.807) is 32.9 Å². The molecule has 0 amide bonds. The molecule has 1 atom stereocenters. The van der Waals surface area contributed by atoms with Crippen LogP contribution in [0.25, 0.3) is 0 Å². The van der Waals surface area contributed by atoms with Crippen LogP contribution in [0.4, 0.5) is 4.39 Å². The smallest absolute Gasteiger partial charge is 0.323 e. The molecule has 94 valence electrons. The molecule has 1 aromatic carbocycles. The van der Waals surface area contributed by atoms with Crippen LogP contribution in [-0.2, 0) is 16.0 Å². The Morgan fingerprint density at radius 2 is 1.94 bits per heavy atom. The molecule has 0 fully saturated rings. The van der Waals surface area contributed by atoms with E-state index in [-0.39, 0.29) is 5.82 Å². The first-order valence-corrected chi connectivity index (χ1v) is 5.63. The zero-order valence-corrected chi connectivity index (χ0v) is 10.4. The van der Waals surface area contributed by atoms with E-state index in [1.807, 2.05) is 0 Å². The quantitative estimate of drug-likeness (QED) is 0.816. The van der Waals surface area contributed by atoms with Crippen LogP contribution in [0.15, 0.2) is 12.1 Å². The molecule has 1 aromatic rings. The lowest BCUT2D eigenvalue weighted by Crippen LogP contribution is -2.34. The minimum Gasteiger partial charge on any atom is -0.465 e. The van der Waals surface area contributed by atoms with Gasteiger partial charge in [0.2, 0.25) is 0 Å². The molecular weight excluding hydrogens is 221 g/mol. The zero-order valence-electron chi connectivity index (χ0n) is 10.4. The average molecular weight is 239 g/mol. The molecule has 0 spiro atoms. The molecule has 1 rings (SSSR count). The Labute approximate surface area is 101 Å². The average Bonchev–Trinajstić information content (AvgIpc) is 2.26. The zero-order chi connectivity index (χ0) is 13.0. The SMILES string of the molecule is CCOC(=O)C(N)Cc1cc(C)c(F)c(C)c1. The number of carbonyl (C=O) groups excluding carboxylic acids is 1. The Hall–Kier alpha value is -1.42. The number of rotatable bonds is 4. The van der Waals surface area contributed by atoms with Gasteiger partial charge in [0.1, 0.15) is 11.9 Å². The lowest BCUT2D eigenvalue weighted by atomic mass is 10.0. The number of benzene rings is 1. The van der Waals surface area contributed by atoms with Gasteiger partial charge in [0.25, 0.3) is 0 Å². The van der Waals surface area contributed by atoms with E-state index in [9.17, 15) is 9.18 Å². The maximum atomic E-state index is 13.4. The van der Waals surface area contributed by atoms with E-state index in [0.717, 1.165) is 5.56 Å². The van der Waals surface area contributed by atoms with Crippen molar-refractivity contribution in [3.63, 3.8) is 0 Å². The number of ether oxygens (including phenoxy) is 1. The van der Waals surface area contributed by atoms with E-state index >= 15 is 0 Å². The second kappa shape index (κ2) is 5.77. The first kappa shape index (κ1) is 13.6. The number of aryl methyl sites for hydroxylation is 2. The highest BCUT2D eigenvalue weighted by Crippen LogP contribution is 2.15. The second-order valence-electron chi connectivity index (χ2n) is 4.11. The van der Waals surface area contributed by atoms with Crippen LogP contribution in [0, 0.1) is 19.7 Å². The summed E-state index contributed by atoms with van der Waals surface area (Å²) in [5.41, 5.74) is 7.69. The third-order valence-electron chi connectivity index (χ3n) is 2.54. The Morgan fingerprint density at radius 3 is 2.41 bits per heavy atom. The normalized spacial score (nSPS) is 12.3. The summed E-state index contributed by atoms with van der Waals surface area (Å²) >= 11 is 0. The monoisotopic (exact) mass is 239 g/mol. The van der Waals surface area contributed by atoms with Crippen molar-refractivity contribution in [3.8, 4) is 0 Å². The minimum atomic E-state index is -0.695. The van der Waals surface area contributed by atoms with E-state index in [0.29, 0.717) is 24.2 Å². The van der Waals surface area contributed by atoms with Crippen LogP contribution < -0.4 is 5.73 Å². The molecule has 0 heterocycles. The van der Waals surface area contributed by atoms with Crippen LogP contribution in [-0.4, -0.2) is 18.6 Å². The Kier molecular flexibility index (Phi) is 4.63. The maximum Gasteiger partial charge on any atom is 0.323 e. The van der Waals surface area contributed by atoms with E-state index < -0.39 is 12.0 Å². The van der Waals surface area contributed by atoms with E-state index in [1.165, 1.54) is 0 Å². The summed E-state index contributed by atoms with van der Waals surface area (Å²) in [6.45, 7) is 5.44. The van der Waals surface area contributed by atoms with Crippen molar-refractivity contribution in [2.24, 2.45) is 5.73 Å². The summed E-state index contributed by atoms with van der Waals surface area (Å²) in [6.07, 6.45) is 0.362. The summed E-state index contributed by atoms with van der Waals surface area (Å²) in [6, 6.07) is 2.72. The van der Waals surface area contributed by atoms with Gasteiger partial charge in [-0.2, -0.15) is 0 Å². The van der Waals surface area contributed by atoms with Gasteiger partial charge in [-0.05, 0) is 43.9 Å². The van der Waals surface area contributed by atoms with Gasteiger partial charge in [-0.3, -0.25) is 4.79 Å². The summed E-state index contributed by atoms with van der Waals surface area (Å²) < 4.78 is 18.2.